The van der Waals surface area contributed by atoms with Crippen molar-refractivity contribution < 1.29 is 9.25 Å². The van der Waals surface area contributed by atoms with Crippen LogP contribution < -0.4 is 5.48 Å². The minimum Gasteiger partial charge on any atom is -0.468 e. The smallest absolute Gasteiger partial charge is 0.122 e. The maximum Gasteiger partial charge on any atom is 0.122 e. The molecular formula is C14H17NO2. The zero-order valence-electron chi connectivity index (χ0n) is 9.93. The molecule has 0 amide bonds. The second kappa shape index (κ2) is 6.23. The quantitative estimate of drug-likeness (QED) is 0.773. The van der Waals surface area contributed by atoms with E-state index in [1.165, 1.54) is 0 Å². The monoisotopic (exact) mass is 231 g/mol. The van der Waals surface area contributed by atoms with Gasteiger partial charge in [0.05, 0.1) is 18.9 Å². The van der Waals surface area contributed by atoms with Crippen molar-refractivity contribution in [1.82, 2.24) is 5.48 Å². The highest BCUT2D eigenvalue weighted by Gasteiger charge is 2.11. The molecule has 1 N–H and O–H groups in total. The molecule has 2 rings (SSSR count). The van der Waals surface area contributed by atoms with Gasteiger partial charge in [0.15, 0.2) is 0 Å². The van der Waals surface area contributed by atoms with Gasteiger partial charge in [-0.25, -0.2) is 0 Å². The molecule has 0 saturated heterocycles. The second-order valence-electron chi connectivity index (χ2n) is 3.87. The SMILES string of the molecule is CCC(NOCc1ccccc1)c1ccco1. The van der Waals surface area contributed by atoms with Crippen molar-refractivity contribution >= 4 is 0 Å². The number of furan rings is 1. The molecule has 2 aromatic rings. The van der Waals surface area contributed by atoms with E-state index in [2.05, 4.69) is 12.4 Å². The van der Waals surface area contributed by atoms with Gasteiger partial charge in [0.25, 0.3) is 0 Å². The van der Waals surface area contributed by atoms with Gasteiger partial charge in [0, 0.05) is 0 Å². The fraction of sp³-hybridized carbons (Fsp3) is 0.286. The summed E-state index contributed by atoms with van der Waals surface area (Å²) in [5.41, 5.74) is 4.17. The highest BCUT2D eigenvalue weighted by molar-refractivity contribution is 5.13. The van der Waals surface area contributed by atoms with E-state index in [9.17, 15) is 0 Å². The first-order chi connectivity index (χ1) is 8.40. The Morgan fingerprint density at radius 3 is 2.65 bits per heavy atom. The molecule has 3 heteroatoms. The molecule has 0 aliphatic carbocycles. The van der Waals surface area contributed by atoms with E-state index in [0.29, 0.717) is 6.61 Å². The highest BCUT2D eigenvalue weighted by Crippen LogP contribution is 2.16. The first-order valence-electron chi connectivity index (χ1n) is 5.84. The molecule has 1 heterocycles. The van der Waals surface area contributed by atoms with Crippen LogP contribution in [0.1, 0.15) is 30.7 Å². The lowest BCUT2D eigenvalue weighted by atomic mass is 10.2. The average Bonchev–Trinajstić information content (AvgIpc) is 2.90. The van der Waals surface area contributed by atoms with E-state index < -0.39 is 0 Å². The van der Waals surface area contributed by atoms with E-state index >= 15 is 0 Å². The molecule has 1 unspecified atom stereocenters. The van der Waals surface area contributed by atoms with Crippen LogP contribution in [-0.4, -0.2) is 0 Å². The molecule has 17 heavy (non-hydrogen) atoms. The van der Waals surface area contributed by atoms with Gasteiger partial charge in [-0.1, -0.05) is 37.3 Å². The summed E-state index contributed by atoms with van der Waals surface area (Å²) < 4.78 is 5.35. The van der Waals surface area contributed by atoms with Gasteiger partial charge in [0.2, 0.25) is 0 Å². The Morgan fingerprint density at radius 2 is 2.00 bits per heavy atom. The maximum absolute atomic E-state index is 5.49. The van der Waals surface area contributed by atoms with Crippen molar-refractivity contribution in [2.45, 2.75) is 26.0 Å². The molecule has 0 aliphatic rings. The molecule has 0 saturated carbocycles. The minimum absolute atomic E-state index is 0.105. The molecule has 0 spiro atoms. The normalized spacial score (nSPS) is 12.5. The van der Waals surface area contributed by atoms with Crippen molar-refractivity contribution in [3.05, 3.63) is 60.1 Å². The fourth-order valence-electron chi connectivity index (χ4n) is 1.63. The van der Waals surface area contributed by atoms with Crippen LogP contribution in [-0.2, 0) is 11.4 Å². The van der Waals surface area contributed by atoms with Crippen LogP contribution in [0.15, 0.2) is 53.1 Å². The topological polar surface area (TPSA) is 34.4 Å². The standard InChI is InChI=1S/C14H17NO2/c1-2-13(14-9-6-10-16-14)15-17-11-12-7-4-3-5-8-12/h3-10,13,15H,2,11H2,1H3. The van der Waals surface area contributed by atoms with Gasteiger partial charge in [-0.15, -0.1) is 0 Å². The summed E-state index contributed by atoms with van der Waals surface area (Å²) in [7, 11) is 0. The van der Waals surface area contributed by atoms with Crippen LogP contribution in [0.5, 0.6) is 0 Å². The van der Waals surface area contributed by atoms with Gasteiger partial charge in [-0.2, -0.15) is 5.48 Å². The predicted octanol–water partition coefficient (Wildman–Crippen LogP) is 3.45. The Kier molecular flexibility index (Phi) is 4.36. The number of benzene rings is 1. The molecule has 1 atom stereocenters. The number of hydrogen-bond acceptors (Lipinski definition) is 3. The summed E-state index contributed by atoms with van der Waals surface area (Å²) in [5.74, 6) is 0.903. The second-order valence-corrected chi connectivity index (χ2v) is 3.87. The molecule has 0 bridgehead atoms. The summed E-state index contributed by atoms with van der Waals surface area (Å²) in [6.45, 7) is 2.64. The van der Waals surface area contributed by atoms with Crippen molar-refractivity contribution in [3.8, 4) is 0 Å². The van der Waals surface area contributed by atoms with Crippen LogP contribution >= 0.6 is 0 Å². The molecule has 0 fully saturated rings. The summed E-state index contributed by atoms with van der Waals surface area (Å²) in [5, 5.41) is 0. The van der Waals surface area contributed by atoms with Crippen LogP contribution in [0, 0.1) is 0 Å². The third-order valence-electron chi connectivity index (χ3n) is 2.60. The average molecular weight is 231 g/mol. The zero-order valence-corrected chi connectivity index (χ0v) is 9.93. The summed E-state index contributed by atoms with van der Waals surface area (Å²) in [4.78, 5) is 5.49. The van der Waals surface area contributed by atoms with Crippen LogP contribution in [0.4, 0.5) is 0 Å². The summed E-state index contributed by atoms with van der Waals surface area (Å²) >= 11 is 0. The molecule has 1 aromatic heterocycles. The zero-order chi connectivity index (χ0) is 11.9. The Balaban J connectivity index is 1.81. The Labute approximate surface area is 101 Å². The summed E-state index contributed by atoms with van der Waals surface area (Å²) in [6.07, 6.45) is 2.60. The molecule has 0 radical (unpaired) electrons. The van der Waals surface area contributed by atoms with Gasteiger partial charge in [-0.05, 0) is 24.1 Å². The first-order valence-corrected chi connectivity index (χ1v) is 5.84. The Morgan fingerprint density at radius 1 is 1.18 bits per heavy atom. The molecule has 1 aromatic carbocycles. The van der Waals surface area contributed by atoms with E-state index in [0.717, 1.165) is 17.7 Å². The number of rotatable bonds is 6. The lowest BCUT2D eigenvalue weighted by molar-refractivity contribution is -0.00263. The van der Waals surface area contributed by atoms with Gasteiger partial charge in [0.1, 0.15) is 5.76 Å². The molecular weight excluding hydrogens is 214 g/mol. The molecule has 90 valence electrons. The van der Waals surface area contributed by atoms with Gasteiger partial charge < -0.3 is 4.42 Å². The molecule has 3 nitrogen and oxygen atoms in total. The van der Waals surface area contributed by atoms with Crippen molar-refractivity contribution in [2.75, 3.05) is 0 Å². The Bertz CT molecular complexity index is 411. The van der Waals surface area contributed by atoms with Crippen molar-refractivity contribution in [2.24, 2.45) is 0 Å². The predicted molar refractivity (Wildman–Crippen MR) is 66.1 cm³/mol. The number of hydroxylamine groups is 1. The van der Waals surface area contributed by atoms with Gasteiger partial charge in [-0.3, -0.25) is 4.84 Å². The van der Waals surface area contributed by atoms with Crippen molar-refractivity contribution in [3.63, 3.8) is 0 Å². The highest BCUT2D eigenvalue weighted by atomic mass is 16.6. The fourth-order valence-corrected chi connectivity index (χ4v) is 1.63. The van der Waals surface area contributed by atoms with Crippen LogP contribution in [0.3, 0.4) is 0 Å². The molecule has 0 aliphatic heterocycles. The van der Waals surface area contributed by atoms with Gasteiger partial charge >= 0.3 is 0 Å². The first kappa shape index (κ1) is 11.9. The lowest BCUT2D eigenvalue weighted by Gasteiger charge is -2.14. The lowest BCUT2D eigenvalue weighted by Crippen LogP contribution is -2.20. The van der Waals surface area contributed by atoms with Crippen LogP contribution in [0.2, 0.25) is 0 Å². The third kappa shape index (κ3) is 3.44. The maximum atomic E-state index is 5.49. The van der Waals surface area contributed by atoms with E-state index in [1.54, 1.807) is 6.26 Å². The summed E-state index contributed by atoms with van der Waals surface area (Å²) in [6, 6.07) is 14.0. The Hall–Kier alpha value is -1.58. The minimum atomic E-state index is 0.105. The van der Waals surface area contributed by atoms with E-state index in [1.807, 2.05) is 42.5 Å². The number of hydrogen-bond donors (Lipinski definition) is 1. The van der Waals surface area contributed by atoms with Crippen molar-refractivity contribution in [1.29, 1.82) is 0 Å². The largest absolute Gasteiger partial charge is 0.468 e. The van der Waals surface area contributed by atoms with E-state index in [4.69, 9.17) is 9.25 Å². The third-order valence-corrected chi connectivity index (χ3v) is 2.60. The van der Waals surface area contributed by atoms with E-state index in [-0.39, 0.29) is 6.04 Å². The number of nitrogens with one attached hydrogen (secondary N) is 1. The van der Waals surface area contributed by atoms with Crippen LogP contribution in [0.25, 0.3) is 0 Å².